The van der Waals surface area contributed by atoms with Gasteiger partial charge < -0.3 is 33.5 Å². The first kappa shape index (κ1) is 29.1. The predicted molar refractivity (Wildman–Crippen MR) is 140 cm³/mol. The van der Waals surface area contributed by atoms with Crippen LogP contribution in [0.5, 0.6) is 11.5 Å². The normalized spacial score (nSPS) is 11.3. The largest absolute Gasteiger partial charge is 0.497 e. The predicted octanol–water partition coefficient (Wildman–Crippen LogP) is 2.28. The van der Waals surface area contributed by atoms with Crippen LogP contribution in [-0.4, -0.2) is 87.2 Å². The molecule has 38 heavy (non-hydrogen) atoms. The molecule has 3 rings (SSSR count). The smallest absolute Gasteiger partial charge is 0.160 e. The Bertz CT molecular complexity index is 1060. The molecule has 0 bridgehead atoms. The van der Waals surface area contributed by atoms with Crippen LogP contribution >= 0.6 is 0 Å². The summed E-state index contributed by atoms with van der Waals surface area (Å²) in [7, 11) is 3.19. The number of benzene rings is 2. The fourth-order valence-corrected chi connectivity index (χ4v) is 3.65. The lowest BCUT2D eigenvalue weighted by Crippen LogP contribution is -2.29. The molecule has 0 saturated heterocycles. The minimum Gasteiger partial charge on any atom is -0.497 e. The van der Waals surface area contributed by atoms with E-state index in [1.165, 1.54) is 0 Å². The Morgan fingerprint density at radius 3 is 1.71 bits per heavy atom. The van der Waals surface area contributed by atoms with Crippen molar-refractivity contribution in [3.63, 3.8) is 0 Å². The van der Waals surface area contributed by atoms with Crippen LogP contribution in [0.3, 0.4) is 0 Å². The van der Waals surface area contributed by atoms with Crippen molar-refractivity contribution in [1.82, 2.24) is 15.0 Å². The highest BCUT2D eigenvalue weighted by atomic mass is 16.6. The number of hydrogen-bond donors (Lipinski definition) is 1. The van der Waals surface area contributed by atoms with Gasteiger partial charge in [-0.3, -0.25) is 0 Å². The molecule has 0 atom stereocenters. The van der Waals surface area contributed by atoms with Gasteiger partial charge >= 0.3 is 0 Å². The standard InChI is InChI=1S/C28H35N3O7/c1-4-14-35-16-18-37-20-21-38-19-17-36-15-13-31-22-27(29-30-31)28(32,23-5-9-25(33-2)10-6-23)24-7-11-26(34-3)12-8-24/h1,5-12,22,32H,13-21H2,2-3H3. The summed E-state index contributed by atoms with van der Waals surface area (Å²) in [6.07, 6.45) is 6.82. The summed E-state index contributed by atoms with van der Waals surface area (Å²) < 4.78 is 33.8. The van der Waals surface area contributed by atoms with E-state index in [0.717, 1.165) is 0 Å². The van der Waals surface area contributed by atoms with Crippen molar-refractivity contribution in [1.29, 1.82) is 0 Å². The van der Waals surface area contributed by atoms with Gasteiger partial charge in [-0.25, -0.2) is 4.68 Å². The highest BCUT2D eigenvalue weighted by Crippen LogP contribution is 2.36. The second-order valence-corrected chi connectivity index (χ2v) is 8.13. The Balaban J connectivity index is 1.50. The summed E-state index contributed by atoms with van der Waals surface area (Å²) in [6.45, 7) is 3.96. The molecule has 10 heteroatoms. The van der Waals surface area contributed by atoms with Gasteiger partial charge in [-0.2, -0.15) is 0 Å². The highest BCUT2D eigenvalue weighted by molar-refractivity contribution is 5.46. The summed E-state index contributed by atoms with van der Waals surface area (Å²) in [5.74, 6) is 3.78. The van der Waals surface area contributed by atoms with Crippen LogP contribution < -0.4 is 9.47 Å². The van der Waals surface area contributed by atoms with Crippen molar-refractivity contribution in [2.45, 2.75) is 12.1 Å². The van der Waals surface area contributed by atoms with E-state index in [-0.39, 0.29) is 0 Å². The van der Waals surface area contributed by atoms with E-state index < -0.39 is 5.60 Å². The number of terminal acetylenes is 1. The number of rotatable bonds is 18. The van der Waals surface area contributed by atoms with Crippen molar-refractivity contribution in [2.24, 2.45) is 0 Å². The fraction of sp³-hybridized carbons (Fsp3) is 0.429. The average Bonchev–Trinajstić information content (AvgIpc) is 3.44. The molecule has 1 aromatic heterocycles. The molecule has 10 nitrogen and oxygen atoms in total. The van der Waals surface area contributed by atoms with E-state index >= 15 is 0 Å². The van der Waals surface area contributed by atoms with Crippen LogP contribution in [0.2, 0.25) is 0 Å². The molecule has 0 radical (unpaired) electrons. The maximum atomic E-state index is 12.0. The van der Waals surface area contributed by atoms with Gasteiger partial charge in [0.1, 0.15) is 23.8 Å². The SMILES string of the molecule is C#CCOCCOCCOCCOCCn1cc(C(O)(c2ccc(OC)cc2)c2ccc(OC)cc2)nn1. The molecule has 0 saturated carbocycles. The third kappa shape index (κ3) is 8.28. The summed E-state index contributed by atoms with van der Waals surface area (Å²) >= 11 is 0. The van der Waals surface area contributed by atoms with E-state index in [1.807, 2.05) is 24.3 Å². The first-order valence-corrected chi connectivity index (χ1v) is 12.3. The molecular formula is C28H35N3O7. The number of methoxy groups -OCH3 is 2. The summed E-state index contributed by atoms with van der Waals surface area (Å²) in [5.41, 5.74) is 0.128. The van der Waals surface area contributed by atoms with E-state index in [4.69, 9.17) is 34.8 Å². The number of aliphatic hydroxyl groups is 1. The Morgan fingerprint density at radius 2 is 1.24 bits per heavy atom. The number of nitrogens with zero attached hydrogens (tertiary/aromatic N) is 3. The molecule has 0 aliphatic rings. The van der Waals surface area contributed by atoms with Gasteiger partial charge in [0.05, 0.1) is 73.2 Å². The molecule has 0 unspecified atom stereocenters. The zero-order chi connectivity index (χ0) is 27.1. The van der Waals surface area contributed by atoms with E-state index in [2.05, 4.69) is 16.2 Å². The van der Waals surface area contributed by atoms with Crippen molar-refractivity contribution in [2.75, 3.05) is 67.1 Å². The molecule has 0 aliphatic carbocycles. The quantitative estimate of drug-likeness (QED) is 0.198. The van der Waals surface area contributed by atoms with Crippen molar-refractivity contribution < 1.29 is 33.5 Å². The van der Waals surface area contributed by atoms with Gasteiger partial charge in [0, 0.05) is 0 Å². The number of ether oxygens (including phenoxy) is 6. The van der Waals surface area contributed by atoms with Crippen LogP contribution in [0, 0.1) is 12.3 Å². The first-order valence-electron chi connectivity index (χ1n) is 12.3. The average molecular weight is 526 g/mol. The molecule has 3 aromatic rings. The van der Waals surface area contributed by atoms with E-state index in [0.29, 0.717) is 87.7 Å². The topological polar surface area (TPSA) is 106 Å². The Kier molecular flexibility index (Phi) is 12.0. The lowest BCUT2D eigenvalue weighted by molar-refractivity contribution is 0.000195. The first-order chi connectivity index (χ1) is 18.6. The van der Waals surface area contributed by atoms with Gasteiger partial charge in [0.25, 0.3) is 0 Å². The third-order valence-corrected chi connectivity index (χ3v) is 5.69. The molecule has 0 aliphatic heterocycles. The zero-order valence-corrected chi connectivity index (χ0v) is 21.9. The van der Waals surface area contributed by atoms with E-state index in [9.17, 15) is 5.11 Å². The van der Waals surface area contributed by atoms with Gasteiger partial charge in [0.15, 0.2) is 5.60 Å². The Morgan fingerprint density at radius 1 is 0.763 bits per heavy atom. The Labute approximate surface area is 223 Å². The molecule has 0 amide bonds. The van der Waals surface area contributed by atoms with Gasteiger partial charge in [0.2, 0.25) is 0 Å². The van der Waals surface area contributed by atoms with Crippen LogP contribution in [0.4, 0.5) is 0 Å². The molecule has 204 valence electrons. The zero-order valence-electron chi connectivity index (χ0n) is 21.9. The van der Waals surface area contributed by atoms with E-state index in [1.54, 1.807) is 49.4 Å². The number of aromatic nitrogens is 3. The third-order valence-electron chi connectivity index (χ3n) is 5.69. The molecular weight excluding hydrogens is 490 g/mol. The maximum Gasteiger partial charge on any atom is 0.160 e. The van der Waals surface area contributed by atoms with Crippen LogP contribution in [0.25, 0.3) is 0 Å². The molecule has 1 heterocycles. The second kappa shape index (κ2) is 15.7. The van der Waals surface area contributed by atoms with Gasteiger partial charge in [-0.05, 0) is 35.4 Å². The molecule has 1 N–H and O–H groups in total. The summed E-state index contributed by atoms with van der Waals surface area (Å²) in [6, 6.07) is 14.4. The van der Waals surface area contributed by atoms with Gasteiger partial charge in [-0.15, -0.1) is 11.5 Å². The fourth-order valence-electron chi connectivity index (χ4n) is 3.65. The van der Waals surface area contributed by atoms with Crippen LogP contribution in [-0.2, 0) is 31.1 Å². The molecule has 0 spiro atoms. The summed E-state index contributed by atoms with van der Waals surface area (Å²) in [5, 5.41) is 20.5. The summed E-state index contributed by atoms with van der Waals surface area (Å²) in [4.78, 5) is 0. The lowest BCUT2D eigenvalue weighted by atomic mass is 9.84. The van der Waals surface area contributed by atoms with Crippen molar-refractivity contribution >= 4 is 0 Å². The second-order valence-electron chi connectivity index (χ2n) is 8.13. The van der Waals surface area contributed by atoms with Gasteiger partial charge in [-0.1, -0.05) is 35.4 Å². The highest BCUT2D eigenvalue weighted by Gasteiger charge is 2.37. The lowest BCUT2D eigenvalue weighted by Gasteiger charge is -2.27. The molecule has 2 aromatic carbocycles. The van der Waals surface area contributed by atoms with Crippen LogP contribution in [0.1, 0.15) is 16.8 Å². The van der Waals surface area contributed by atoms with Crippen molar-refractivity contribution in [3.8, 4) is 23.8 Å². The maximum absolute atomic E-state index is 12.0. The minimum atomic E-state index is -1.53. The number of hydrogen-bond acceptors (Lipinski definition) is 9. The monoisotopic (exact) mass is 525 g/mol. The van der Waals surface area contributed by atoms with Crippen LogP contribution in [0.15, 0.2) is 54.7 Å². The Hall–Kier alpha value is -3.46. The van der Waals surface area contributed by atoms with Crippen molar-refractivity contribution in [3.05, 3.63) is 71.5 Å². The molecule has 0 fully saturated rings. The minimum absolute atomic E-state index is 0.291.